The van der Waals surface area contributed by atoms with Gasteiger partial charge in [0.15, 0.2) is 0 Å². The van der Waals surface area contributed by atoms with E-state index in [2.05, 4.69) is 37.3 Å². The summed E-state index contributed by atoms with van der Waals surface area (Å²) < 4.78 is 5.63. The SMILES string of the molecule is CCCNC(Cc1ccco1)C1(N(C)C)CCCCCC1. The van der Waals surface area contributed by atoms with Crippen molar-refractivity contribution in [2.24, 2.45) is 0 Å². The molecule has 0 aromatic carbocycles. The summed E-state index contributed by atoms with van der Waals surface area (Å²) in [5, 5.41) is 3.83. The first kappa shape index (κ1) is 16.6. The molecular formula is C18H32N2O. The predicted molar refractivity (Wildman–Crippen MR) is 88.6 cm³/mol. The van der Waals surface area contributed by atoms with Crippen LogP contribution in [0.25, 0.3) is 0 Å². The molecule has 1 heterocycles. The van der Waals surface area contributed by atoms with E-state index in [4.69, 9.17) is 4.42 Å². The summed E-state index contributed by atoms with van der Waals surface area (Å²) in [5.74, 6) is 1.11. The molecule has 1 aliphatic rings. The minimum absolute atomic E-state index is 0.262. The minimum atomic E-state index is 0.262. The molecule has 120 valence electrons. The molecule has 0 amide bonds. The Kier molecular flexibility index (Phi) is 6.31. The summed E-state index contributed by atoms with van der Waals surface area (Å²) in [6.07, 6.45) is 12.0. The van der Waals surface area contributed by atoms with Crippen LogP contribution in [0.1, 0.15) is 57.6 Å². The van der Waals surface area contributed by atoms with Crippen LogP contribution >= 0.6 is 0 Å². The van der Waals surface area contributed by atoms with Crippen molar-refractivity contribution in [2.75, 3.05) is 20.6 Å². The van der Waals surface area contributed by atoms with E-state index < -0.39 is 0 Å². The molecule has 0 spiro atoms. The third kappa shape index (κ3) is 4.10. The fourth-order valence-corrected chi connectivity index (χ4v) is 3.85. The lowest BCUT2D eigenvalue weighted by molar-refractivity contribution is 0.0778. The van der Waals surface area contributed by atoms with E-state index in [-0.39, 0.29) is 5.54 Å². The zero-order chi connectivity index (χ0) is 15.1. The third-order valence-corrected chi connectivity index (χ3v) is 5.13. The molecule has 1 atom stereocenters. The average Bonchev–Trinajstić information content (AvgIpc) is 2.85. The van der Waals surface area contributed by atoms with Gasteiger partial charge in [0.05, 0.1) is 6.26 Å². The maximum Gasteiger partial charge on any atom is 0.105 e. The fraction of sp³-hybridized carbons (Fsp3) is 0.778. The highest BCUT2D eigenvalue weighted by atomic mass is 16.3. The lowest BCUT2D eigenvalue weighted by Gasteiger charge is -2.46. The molecule has 2 rings (SSSR count). The van der Waals surface area contributed by atoms with Crippen LogP contribution in [-0.2, 0) is 6.42 Å². The van der Waals surface area contributed by atoms with E-state index in [1.807, 2.05) is 6.07 Å². The number of likely N-dealkylation sites (N-methyl/N-ethyl adjacent to an activating group) is 1. The molecule has 1 saturated carbocycles. The van der Waals surface area contributed by atoms with Crippen molar-refractivity contribution < 1.29 is 4.42 Å². The Balaban J connectivity index is 2.20. The first-order chi connectivity index (χ1) is 10.2. The van der Waals surface area contributed by atoms with Gasteiger partial charge in [0, 0.05) is 18.0 Å². The summed E-state index contributed by atoms with van der Waals surface area (Å²) in [4.78, 5) is 2.48. The van der Waals surface area contributed by atoms with Gasteiger partial charge in [-0.05, 0) is 52.0 Å². The van der Waals surface area contributed by atoms with Crippen molar-refractivity contribution in [2.45, 2.75) is 69.9 Å². The largest absolute Gasteiger partial charge is 0.469 e. The normalized spacial score (nSPS) is 20.4. The highest BCUT2D eigenvalue weighted by molar-refractivity contribution is 5.08. The van der Waals surface area contributed by atoms with Crippen LogP contribution in [0, 0.1) is 0 Å². The Morgan fingerprint density at radius 3 is 2.48 bits per heavy atom. The van der Waals surface area contributed by atoms with Gasteiger partial charge in [-0.1, -0.05) is 32.6 Å². The maximum atomic E-state index is 5.63. The molecule has 0 saturated heterocycles. The van der Waals surface area contributed by atoms with Crippen molar-refractivity contribution >= 4 is 0 Å². The molecule has 0 radical (unpaired) electrons. The van der Waals surface area contributed by atoms with Crippen LogP contribution in [0.4, 0.5) is 0 Å². The van der Waals surface area contributed by atoms with Crippen LogP contribution in [0.2, 0.25) is 0 Å². The predicted octanol–water partition coefficient (Wildman–Crippen LogP) is 3.84. The van der Waals surface area contributed by atoms with E-state index in [9.17, 15) is 0 Å². The van der Waals surface area contributed by atoms with Crippen molar-refractivity contribution in [3.8, 4) is 0 Å². The van der Waals surface area contributed by atoms with E-state index in [0.29, 0.717) is 6.04 Å². The van der Waals surface area contributed by atoms with Crippen LogP contribution in [0.15, 0.2) is 22.8 Å². The molecule has 1 fully saturated rings. The van der Waals surface area contributed by atoms with Crippen molar-refractivity contribution in [3.05, 3.63) is 24.2 Å². The van der Waals surface area contributed by atoms with E-state index in [0.717, 1.165) is 18.7 Å². The molecule has 3 nitrogen and oxygen atoms in total. The second-order valence-corrected chi connectivity index (χ2v) is 6.70. The highest BCUT2D eigenvalue weighted by Crippen LogP contribution is 2.35. The number of hydrogen-bond donors (Lipinski definition) is 1. The first-order valence-corrected chi connectivity index (χ1v) is 8.62. The molecular weight excluding hydrogens is 260 g/mol. The number of furan rings is 1. The Bertz CT molecular complexity index is 378. The van der Waals surface area contributed by atoms with Crippen LogP contribution in [0.5, 0.6) is 0 Å². The van der Waals surface area contributed by atoms with Gasteiger partial charge in [-0.25, -0.2) is 0 Å². The van der Waals surface area contributed by atoms with Crippen LogP contribution < -0.4 is 5.32 Å². The van der Waals surface area contributed by atoms with Crippen molar-refractivity contribution in [1.29, 1.82) is 0 Å². The zero-order valence-electron chi connectivity index (χ0n) is 14.0. The van der Waals surface area contributed by atoms with Crippen LogP contribution in [-0.4, -0.2) is 37.1 Å². The molecule has 1 unspecified atom stereocenters. The van der Waals surface area contributed by atoms with Crippen LogP contribution in [0.3, 0.4) is 0 Å². The van der Waals surface area contributed by atoms with E-state index >= 15 is 0 Å². The lowest BCUT2D eigenvalue weighted by atomic mass is 9.79. The van der Waals surface area contributed by atoms with Crippen molar-refractivity contribution in [3.63, 3.8) is 0 Å². The number of hydrogen-bond acceptors (Lipinski definition) is 3. The molecule has 1 aromatic heterocycles. The topological polar surface area (TPSA) is 28.4 Å². The van der Waals surface area contributed by atoms with Gasteiger partial charge in [0.2, 0.25) is 0 Å². The highest BCUT2D eigenvalue weighted by Gasteiger charge is 2.40. The smallest absolute Gasteiger partial charge is 0.105 e. The maximum absolute atomic E-state index is 5.63. The Morgan fingerprint density at radius 1 is 1.24 bits per heavy atom. The standard InChI is InChI=1S/C18H32N2O/c1-4-13-19-17(15-16-10-9-14-21-16)18(20(2)3)11-7-5-6-8-12-18/h9-10,14,17,19H,4-8,11-13,15H2,1-3H3. The second-order valence-electron chi connectivity index (χ2n) is 6.70. The van der Waals surface area contributed by atoms with Gasteiger partial charge >= 0.3 is 0 Å². The number of rotatable bonds is 7. The van der Waals surface area contributed by atoms with Gasteiger partial charge < -0.3 is 14.6 Å². The van der Waals surface area contributed by atoms with E-state index in [1.165, 1.54) is 44.9 Å². The Labute approximate surface area is 130 Å². The van der Waals surface area contributed by atoms with Gasteiger partial charge in [0.25, 0.3) is 0 Å². The third-order valence-electron chi connectivity index (χ3n) is 5.13. The Morgan fingerprint density at radius 2 is 1.95 bits per heavy atom. The molecule has 0 bridgehead atoms. The summed E-state index contributed by atoms with van der Waals surface area (Å²) in [7, 11) is 4.52. The summed E-state index contributed by atoms with van der Waals surface area (Å²) in [6.45, 7) is 3.33. The molecule has 1 aliphatic carbocycles. The lowest BCUT2D eigenvalue weighted by Crippen LogP contribution is -2.59. The Hall–Kier alpha value is -0.800. The summed E-state index contributed by atoms with van der Waals surface area (Å²) in [5.41, 5.74) is 0.262. The van der Waals surface area contributed by atoms with Gasteiger partial charge in [0.1, 0.15) is 5.76 Å². The molecule has 0 aliphatic heterocycles. The number of nitrogens with zero attached hydrogens (tertiary/aromatic N) is 1. The van der Waals surface area contributed by atoms with Gasteiger partial charge in [-0.2, -0.15) is 0 Å². The minimum Gasteiger partial charge on any atom is -0.469 e. The van der Waals surface area contributed by atoms with Crippen molar-refractivity contribution in [1.82, 2.24) is 10.2 Å². The monoisotopic (exact) mass is 292 g/mol. The fourth-order valence-electron chi connectivity index (χ4n) is 3.85. The molecule has 3 heteroatoms. The van der Waals surface area contributed by atoms with Gasteiger partial charge in [-0.3, -0.25) is 0 Å². The summed E-state index contributed by atoms with van der Waals surface area (Å²) in [6, 6.07) is 4.58. The van der Waals surface area contributed by atoms with Gasteiger partial charge in [-0.15, -0.1) is 0 Å². The zero-order valence-corrected chi connectivity index (χ0v) is 14.0. The second kappa shape index (κ2) is 8.00. The molecule has 1 N–H and O–H groups in total. The quantitative estimate of drug-likeness (QED) is 0.774. The number of nitrogens with one attached hydrogen (secondary N) is 1. The first-order valence-electron chi connectivity index (χ1n) is 8.62. The molecule has 21 heavy (non-hydrogen) atoms. The van der Waals surface area contributed by atoms with E-state index in [1.54, 1.807) is 6.26 Å². The summed E-state index contributed by atoms with van der Waals surface area (Å²) >= 11 is 0. The molecule has 1 aromatic rings. The average molecular weight is 292 g/mol.